The largest absolute Gasteiger partial charge is 0.416 e. The molecule has 2 heterocycles. The van der Waals surface area contributed by atoms with Crippen LogP contribution in [-0.2, 0) is 12.6 Å². The van der Waals surface area contributed by atoms with E-state index in [9.17, 15) is 13.2 Å². The number of halogens is 3. The van der Waals surface area contributed by atoms with Crippen molar-refractivity contribution < 1.29 is 13.2 Å². The predicted octanol–water partition coefficient (Wildman–Crippen LogP) is 5.64. The van der Waals surface area contributed by atoms with Gasteiger partial charge in [0.2, 0.25) is 0 Å². The highest BCUT2D eigenvalue weighted by Crippen LogP contribution is 2.35. The van der Waals surface area contributed by atoms with Crippen LogP contribution in [0.2, 0.25) is 0 Å². The Hall–Kier alpha value is -3.56. The lowest BCUT2D eigenvalue weighted by Gasteiger charge is -2.39. The molecule has 0 N–H and O–H groups in total. The zero-order chi connectivity index (χ0) is 27.4. The van der Waals surface area contributed by atoms with Gasteiger partial charge in [-0.3, -0.25) is 4.90 Å². The molecular formula is C30H33F3N6. The topological polar surface area (TPSA) is 50.1 Å². The molecule has 5 rings (SSSR count). The molecule has 39 heavy (non-hydrogen) atoms. The van der Waals surface area contributed by atoms with Gasteiger partial charge < -0.3 is 4.90 Å². The number of piperazine rings is 1. The minimum Gasteiger partial charge on any atom is -0.301 e. The molecular weight excluding hydrogens is 501 g/mol. The van der Waals surface area contributed by atoms with Gasteiger partial charge in [0.1, 0.15) is 0 Å². The van der Waals surface area contributed by atoms with E-state index in [0.717, 1.165) is 55.4 Å². The zero-order valence-electron chi connectivity index (χ0n) is 22.3. The van der Waals surface area contributed by atoms with Gasteiger partial charge in [-0.1, -0.05) is 60.7 Å². The van der Waals surface area contributed by atoms with Crippen LogP contribution in [0.15, 0.2) is 72.8 Å². The van der Waals surface area contributed by atoms with E-state index in [-0.39, 0.29) is 0 Å². The summed E-state index contributed by atoms with van der Waals surface area (Å²) in [6.45, 7) is 8.02. The molecule has 0 bridgehead atoms. The van der Waals surface area contributed by atoms with Crippen LogP contribution in [0.5, 0.6) is 0 Å². The van der Waals surface area contributed by atoms with E-state index in [4.69, 9.17) is 0 Å². The molecule has 1 aromatic heterocycles. The average Bonchev–Trinajstić information content (AvgIpc) is 3.39. The smallest absolute Gasteiger partial charge is 0.301 e. The first-order valence-electron chi connectivity index (χ1n) is 13.3. The maximum atomic E-state index is 13.7. The molecule has 0 radical (unpaired) electrons. The summed E-state index contributed by atoms with van der Waals surface area (Å²) in [4.78, 5) is 4.64. The molecule has 1 atom stereocenters. The van der Waals surface area contributed by atoms with E-state index < -0.39 is 17.8 Å². The number of aromatic nitrogens is 4. The van der Waals surface area contributed by atoms with Crippen molar-refractivity contribution in [1.29, 1.82) is 0 Å². The van der Waals surface area contributed by atoms with Gasteiger partial charge in [0.25, 0.3) is 0 Å². The number of hydrogen-bond acceptors (Lipinski definition) is 5. The summed E-state index contributed by atoms with van der Waals surface area (Å²) < 4.78 is 42.8. The third-order valence-electron chi connectivity index (χ3n) is 7.47. The molecule has 0 spiro atoms. The van der Waals surface area contributed by atoms with Crippen molar-refractivity contribution >= 4 is 0 Å². The molecule has 0 aliphatic carbocycles. The van der Waals surface area contributed by atoms with Crippen LogP contribution >= 0.6 is 0 Å². The fourth-order valence-electron chi connectivity index (χ4n) is 5.47. The SMILES string of the molecule is Cc1cccc(C)c1-n1nnnc1C(c1cccc(C(F)(F)F)c1)N1CCN(CCCc2ccccc2)CC1. The maximum Gasteiger partial charge on any atom is 0.416 e. The van der Waals surface area contributed by atoms with E-state index >= 15 is 0 Å². The van der Waals surface area contributed by atoms with E-state index in [1.807, 2.05) is 38.1 Å². The van der Waals surface area contributed by atoms with Crippen molar-refractivity contribution in [3.8, 4) is 5.69 Å². The summed E-state index contributed by atoms with van der Waals surface area (Å²) in [5.41, 5.74) is 4.04. The molecule has 204 valence electrons. The van der Waals surface area contributed by atoms with E-state index in [1.165, 1.54) is 17.7 Å². The number of tetrazole rings is 1. The fourth-order valence-corrected chi connectivity index (χ4v) is 5.47. The molecule has 6 nitrogen and oxygen atoms in total. The van der Waals surface area contributed by atoms with E-state index in [1.54, 1.807) is 10.7 Å². The normalized spacial score (nSPS) is 15.9. The monoisotopic (exact) mass is 534 g/mol. The second-order valence-corrected chi connectivity index (χ2v) is 10.2. The minimum atomic E-state index is -4.43. The predicted molar refractivity (Wildman–Crippen MR) is 145 cm³/mol. The first-order valence-corrected chi connectivity index (χ1v) is 13.3. The van der Waals surface area contributed by atoms with Crippen LogP contribution in [0.25, 0.3) is 5.69 Å². The van der Waals surface area contributed by atoms with Crippen molar-refractivity contribution in [2.75, 3.05) is 32.7 Å². The molecule has 0 amide bonds. The van der Waals surface area contributed by atoms with Crippen molar-refractivity contribution in [3.63, 3.8) is 0 Å². The molecule has 1 fully saturated rings. The fraction of sp³-hybridized carbons (Fsp3) is 0.367. The van der Waals surface area contributed by atoms with Gasteiger partial charge in [0.15, 0.2) is 5.82 Å². The van der Waals surface area contributed by atoms with Crippen LogP contribution in [0.1, 0.15) is 46.1 Å². The summed E-state index contributed by atoms with van der Waals surface area (Å²) in [6, 6.07) is 21.4. The Morgan fingerprint density at radius 3 is 2.23 bits per heavy atom. The van der Waals surface area contributed by atoms with E-state index in [0.29, 0.717) is 24.5 Å². The third kappa shape index (κ3) is 6.20. The van der Waals surface area contributed by atoms with Crippen molar-refractivity contribution in [2.45, 2.75) is 38.9 Å². The Morgan fingerprint density at radius 2 is 1.54 bits per heavy atom. The quantitative estimate of drug-likeness (QED) is 0.293. The zero-order valence-corrected chi connectivity index (χ0v) is 22.3. The maximum absolute atomic E-state index is 13.7. The Balaban J connectivity index is 1.41. The number of para-hydroxylation sites is 1. The standard InChI is InChI=1S/C30H33F3N6/c1-22-9-6-10-23(2)27(22)39-29(34-35-36-39)28(25-14-7-15-26(21-25)30(31,32)33)38-19-17-37(18-20-38)16-8-13-24-11-4-3-5-12-24/h3-7,9-12,14-15,21,28H,8,13,16-20H2,1-2H3. The third-order valence-corrected chi connectivity index (χ3v) is 7.47. The van der Waals surface area contributed by atoms with Gasteiger partial charge >= 0.3 is 6.18 Å². The number of alkyl halides is 3. The number of hydrogen-bond donors (Lipinski definition) is 0. The van der Waals surface area contributed by atoms with Gasteiger partial charge in [-0.25, -0.2) is 0 Å². The van der Waals surface area contributed by atoms with Crippen LogP contribution in [0, 0.1) is 13.8 Å². The van der Waals surface area contributed by atoms with Crippen LogP contribution in [0.4, 0.5) is 13.2 Å². The van der Waals surface area contributed by atoms with Gasteiger partial charge in [-0.05, 0) is 78.0 Å². The number of nitrogens with zero attached hydrogens (tertiary/aromatic N) is 6. The Labute approximate surface area is 227 Å². The van der Waals surface area contributed by atoms with Gasteiger partial charge in [-0.15, -0.1) is 5.10 Å². The first-order chi connectivity index (χ1) is 18.8. The number of benzene rings is 3. The summed E-state index contributed by atoms with van der Waals surface area (Å²) >= 11 is 0. The lowest BCUT2D eigenvalue weighted by Crippen LogP contribution is -2.48. The van der Waals surface area contributed by atoms with Crippen LogP contribution in [-0.4, -0.2) is 62.7 Å². The lowest BCUT2D eigenvalue weighted by atomic mass is 10.00. The van der Waals surface area contributed by atoms with Crippen molar-refractivity contribution in [3.05, 3.63) is 106 Å². The summed E-state index contributed by atoms with van der Waals surface area (Å²) in [5.74, 6) is 0.518. The highest BCUT2D eigenvalue weighted by molar-refractivity contribution is 5.47. The molecule has 1 aliphatic rings. The molecule has 1 saturated heterocycles. The summed E-state index contributed by atoms with van der Waals surface area (Å²) in [5, 5.41) is 12.7. The molecule has 1 aliphatic heterocycles. The Kier molecular flexibility index (Phi) is 8.09. The summed E-state index contributed by atoms with van der Waals surface area (Å²) in [7, 11) is 0. The van der Waals surface area contributed by atoms with Crippen LogP contribution < -0.4 is 0 Å². The highest BCUT2D eigenvalue weighted by atomic mass is 19.4. The molecule has 4 aromatic rings. The second-order valence-electron chi connectivity index (χ2n) is 10.2. The van der Waals surface area contributed by atoms with Gasteiger partial charge in [-0.2, -0.15) is 17.9 Å². The molecule has 0 saturated carbocycles. The van der Waals surface area contributed by atoms with Gasteiger partial charge in [0, 0.05) is 26.2 Å². The van der Waals surface area contributed by atoms with E-state index in [2.05, 4.69) is 49.6 Å². The van der Waals surface area contributed by atoms with Crippen LogP contribution in [0.3, 0.4) is 0 Å². The molecule has 3 aromatic carbocycles. The first kappa shape index (κ1) is 27.0. The number of aryl methyl sites for hydroxylation is 3. The molecule has 1 unspecified atom stereocenters. The average molecular weight is 535 g/mol. The molecule has 9 heteroatoms. The van der Waals surface area contributed by atoms with Gasteiger partial charge in [0.05, 0.1) is 17.3 Å². The lowest BCUT2D eigenvalue weighted by molar-refractivity contribution is -0.137. The highest BCUT2D eigenvalue weighted by Gasteiger charge is 2.35. The van der Waals surface area contributed by atoms with Crippen molar-refractivity contribution in [2.24, 2.45) is 0 Å². The Morgan fingerprint density at radius 1 is 0.846 bits per heavy atom. The minimum absolute atomic E-state index is 0.518. The van der Waals surface area contributed by atoms with Crippen molar-refractivity contribution in [1.82, 2.24) is 30.0 Å². The Bertz CT molecular complexity index is 1360. The second kappa shape index (κ2) is 11.7. The summed E-state index contributed by atoms with van der Waals surface area (Å²) in [6.07, 6.45) is -2.35. The number of rotatable bonds is 8.